The van der Waals surface area contributed by atoms with E-state index in [-0.39, 0.29) is 24.0 Å². The Labute approximate surface area is 107 Å². The number of hydrogen-bond donors (Lipinski definition) is 2. The molecule has 2 aromatic heterocycles. The molecule has 2 N–H and O–H groups in total. The van der Waals surface area contributed by atoms with E-state index in [2.05, 4.69) is 30.7 Å². The fourth-order valence-corrected chi connectivity index (χ4v) is 1.34. The van der Waals surface area contributed by atoms with Crippen LogP contribution in [0.5, 0.6) is 0 Å². The van der Waals surface area contributed by atoms with E-state index in [0.29, 0.717) is 11.7 Å². The van der Waals surface area contributed by atoms with Crippen molar-refractivity contribution in [3.8, 4) is 0 Å². The summed E-state index contributed by atoms with van der Waals surface area (Å²) in [6.07, 6.45) is 1.13. The number of rotatable bonds is 5. The lowest BCUT2D eigenvalue weighted by Gasteiger charge is -2.05. The summed E-state index contributed by atoms with van der Waals surface area (Å²) in [7, 11) is 1.62. The Balaban J connectivity index is 2.19. The Morgan fingerprint density at radius 1 is 1.47 bits per heavy atom. The molecule has 10 heteroatoms. The van der Waals surface area contributed by atoms with Gasteiger partial charge in [0.15, 0.2) is 5.82 Å². The average molecular weight is 265 g/mol. The maximum absolute atomic E-state index is 10.9. The Bertz CT molecular complexity index is 597. The second-order valence-electron chi connectivity index (χ2n) is 3.52. The lowest BCUT2D eigenvalue weighted by molar-refractivity contribution is -0.384. The van der Waals surface area contributed by atoms with Crippen molar-refractivity contribution in [1.82, 2.24) is 20.1 Å². The first-order valence-corrected chi connectivity index (χ1v) is 5.32. The van der Waals surface area contributed by atoms with Gasteiger partial charge in [-0.05, 0) is 0 Å². The zero-order valence-electron chi connectivity index (χ0n) is 10.2. The summed E-state index contributed by atoms with van der Waals surface area (Å²) >= 11 is 0. The van der Waals surface area contributed by atoms with Gasteiger partial charge in [-0.3, -0.25) is 10.1 Å². The summed E-state index contributed by atoms with van der Waals surface area (Å²) < 4.78 is 4.80. The van der Waals surface area contributed by atoms with Crippen molar-refractivity contribution in [3.63, 3.8) is 0 Å². The van der Waals surface area contributed by atoms with Gasteiger partial charge in [0.25, 0.3) is 0 Å². The Morgan fingerprint density at radius 2 is 2.26 bits per heavy atom. The summed E-state index contributed by atoms with van der Waals surface area (Å²) in [5.41, 5.74) is -0.223. The van der Waals surface area contributed by atoms with Crippen molar-refractivity contribution in [1.29, 1.82) is 0 Å². The first-order valence-electron chi connectivity index (χ1n) is 5.32. The van der Waals surface area contributed by atoms with Crippen molar-refractivity contribution in [3.05, 3.63) is 28.0 Å². The van der Waals surface area contributed by atoms with Crippen LogP contribution in [-0.4, -0.2) is 32.1 Å². The number of hydrogen-bond acceptors (Lipinski definition) is 9. The number of aryl methyl sites for hydroxylation is 1. The van der Waals surface area contributed by atoms with E-state index in [4.69, 9.17) is 4.52 Å². The molecule has 0 fully saturated rings. The minimum absolute atomic E-state index is 0.0896. The minimum atomic E-state index is -0.566. The maximum atomic E-state index is 10.9. The van der Waals surface area contributed by atoms with Crippen LogP contribution in [0.15, 0.2) is 10.7 Å². The fraction of sp³-hybridized carbons (Fsp3) is 0.333. The molecule has 0 unspecified atom stereocenters. The summed E-state index contributed by atoms with van der Waals surface area (Å²) in [6, 6.07) is 0. The molecule has 2 heterocycles. The van der Waals surface area contributed by atoms with E-state index < -0.39 is 4.92 Å². The highest BCUT2D eigenvalue weighted by atomic mass is 16.6. The van der Waals surface area contributed by atoms with Crippen LogP contribution in [0.4, 0.5) is 17.5 Å². The van der Waals surface area contributed by atoms with Crippen LogP contribution in [0.3, 0.4) is 0 Å². The molecule has 2 aromatic rings. The van der Waals surface area contributed by atoms with E-state index >= 15 is 0 Å². The first kappa shape index (κ1) is 12.7. The van der Waals surface area contributed by atoms with Crippen LogP contribution in [0, 0.1) is 17.0 Å². The first-order chi connectivity index (χ1) is 9.10. The largest absolute Gasteiger partial charge is 0.357 e. The minimum Gasteiger partial charge on any atom is -0.357 e. The fourth-order valence-electron chi connectivity index (χ4n) is 1.34. The van der Waals surface area contributed by atoms with Crippen LogP contribution in [0.25, 0.3) is 0 Å². The number of nitro groups is 1. The molecule has 0 aliphatic carbocycles. The van der Waals surface area contributed by atoms with Gasteiger partial charge in [-0.25, -0.2) is 4.98 Å². The highest BCUT2D eigenvalue weighted by Crippen LogP contribution is 2.22. The standard InChI is InChI=1S/C9H11N7O3/c1-5-13-7(15-19-5)4-11-8-6(16(17)18)3-12-9(10-2)14-8/h3H,4H2,1-2H3,(H2,10,11,12,14). The van der Waals surface area contributed by atoms with Gasteiger partial charge in [0.2, 0.25) is 17.7 Å². The van der Waals surface area contributed by atoms with Gasteiger partial charge in [0.05, 0.1) is 11.5 Å². The van der Waals surface area contributed by atoms with Gasteiger partial charge in [0, 0.05) is 14.0 Å². The predicted molar refractivity (Wildman–Crippen MR) is 64.6 cm³/mol. The van der Waals surface area contributed by atoms with Gasteiger partial charge >= 0.3 is 5.69 Å². The molecule has 0 amide bonds. The second kappa shape index (κ2) is 5.25. The van der Waals surface area contributed by atoms with Gasteiger partial charge in [-0.2, -0.15) is 9.97 Å². The topological polar surface area (TPSA) is 132 Å². The molecule has 19 heavy (non-hydrogen) atoms. The average Bonchev–Trinajstić information content (AvgIpc) is 2.81. The summed E-state index contributed by atoms with van der Waals surface area (Å²) in [5.74, 6) is 1.17. The molecule has 10 nitrogen and oxygen atoms in total. The van der Waals surface area contributed by atoms with Gasteiger partial charge < -0.3 is 15.2 Å². The number of aromatic nitrogens is 4. The van der Waals surface area contributed by atoms with Crippen molar-refractivity contribution in [2.24, 2.45) is 0 Å². The summed E-state index contributed by atoms with van der Waals surface area (Å²) in [4.78, 5) is 22.0. The quantitative estimate of drug-likeness (QED) is 0.592. The number of anilines is 2. The number of nitrogens with zero attached hydrogens (tertiary/aromatic N) is 5. The predicted octanol–water partition coefficient (Wildman–Crippen LogP) is 0.730. The molecular weight excluding hydrogens is 254 g/mol. The third-order valence-electron chi connectivity index (χ3n) is 2.17. The molecule has 2 rings (SSSR count). The molecule has 100 valence electrons. The van der Waals surface area contributed by atoms with Crippen molar-refractivity contribution in [2.75, 3.05) is 17.7 Å². The molecule has 0 saturated carbocycles. The van der Waals surface area contributed by atoms with E-state index in [1.165, 1.54) is 0 Å². The van der Waals surface area contributed by atoms with Crippen molar-refractivity contribution >= 4 is 17.5 Å². The van der Waals surface area contributed by atoms with E-state index in [1.807, 2.05) is 0 Å². The van der Waals surface area contributed by atoms with Crippen LogP contribution < -0.4 is 10.6 Å². The van der Waals surface area contributed by atoms with Crippen LogP contribution in [0.2, 0.25) is 0 Å². The smallest absolute Gasteiger partial charge is 0.329 e. The zero-order valence-corrected chi connectivity index (χ0v) is 10.2. The highest BCUT2D eigenvalue weighted by molar-refractivity contribution is 5.56. The van der Waals surface area contributed by atoms with Crippen LogP contribution in [-0.2, 0) is 6.54 Å². The molecule has 0 saturated heterocycles. The molecule has 0 atom stereocenters. The zero-order chi connectivity index (χ0) is 13.8. The van der Waals surface area contributed by atoms with E-state index in [9.17, 15) is 10.1 Å². The molecule has 0 bridgehead atoms. The second-order valence-corrected chi connectivity index (χ2v) is 3.52. The van der Waals surface area contributed by atoms with E-state index in [0.717, 1.165) is 6.20 Å². The van der Waals surface area contributed by atoms with Crippen molar-refractivity contribution < 1.29 is 9.45 Å². The molecular formula is C9H11N7O3. The number of nitrogens with one attached hydrogen (secondary N) is 2. The van der Waals surface area contributed by atoms with Gasteiger partial charge in [0.1, 0.15) is 6.20 Å². The van der Waals surface area contributed by atoms with Gasteiger partial charge in [-0.1, -0.05) is 5.16 Å². The molecule has 0 aliphatic heterocycles. The van der Waals surface area contributed by atoms with Crippen LogP contribution >= 0.6 is 0 Å². The maximum Gasteiger partial charge on any atom is 0.329 e. The van der Waals surface area contributed by atoms with Gasteiger partial charge in [-0.15, -0.1) is 0 Å². The summed E-state index contributed by atoms with van der Waals surface area (Å²) in [5, 5.41) is 20.0. The third kappa shape index (κ3) is 2.91. The molecule has 0 aliphatic rings. The highest BCUT2D eigenvalue weighted by Gasteiger charge is 2.17. The lowest BCUT2D eigenvalue weighted by atomic mass is 10.4. The Morgan fingerprint density at radius 3 is 2.84 bits per heavy atom. The van der Waals surface area contributed by atoms with Crippen LogP contribution in [0.1, 0.15) is 11.7 Å². The lowest BCUT2D eigenvalue weighted by Crippen LogP contribution is -2.08. The van der Waals surface area contributed by atoms with E-state index in [1.54, 1.807) is 14.0 Å². The molecule has 0 spiro atoms. The molecule has 0 radical (unpaired) electrons. The summed E-state index contributed by atoms with van der Waals surface area (Å²) in [6.45, 7) is 1.82. The SMILES string of the molecule is CNc1ncc([N+](=O)[O-])c(NCc2noc(C)n2)n1. The molecule has 0 aromatic carbocycles. The normalized spacial score (nSPS) is 10.2. The third-order valence-corrected chi connectivity index (χ3v) is 2.17. The Hall–Kier alpha value is -2.78. The monoisotopic (exact) mass is 265 g/mol. The van der Waals surface area contributed by atoms with Crippen molar-refractivity contribution in [2.45, 2.75) is 13.5 Å². The Kier molecular flexibility index (Phi) is 3.50.